The number of hydrogen-bond donors (Lipinski definition) is 2. The molecule has 4 rings (SSSR count). The topological polar surface area (TPSA) is 61.4 Å². The first-order valence-electron chi connectivity index (χ1n) is 13.8. The van der Waals surface area contributed by atoms with Crippen LogP contribution < -0.4 is 15.5 Å². The Kier molecular flexibility index (Phi) is 9.89. The van der Waals surface area contributed by atoms with Crippen LogP contribution in [0.5, 0.6) is 0 Å². The number of nitrogens with zero attached hydrogens (tertiary/aromatic N) is 1. The van der Waals surface area contributed by atoms with Crippen LogP contribution in [0.1, 0.15) is 55.1 Å². The van der Waals surface area contributed by atoms with Crippen LogP contribution in [0.4, 0.5) is 5.69 Å². The minimum Gasteiger partial charge on any atom is -0.367 e. The number of amides is 2. The van der Waals surface area contributed by atoms with Crippen molar-refractivity contribution < 1.29 is 9.59 Å². The van der Waals surface area contributed by atoms with Gasteiger partial charge in [0.05, 0.1) is 12.1 Å². The molecule has 0 heterocycles. The average Bonchev–Trinajstić information content (AvgIpc) is 3.00. The van der Waals surface area contributed by atoms with Crippen molar-refractivity contribution in [2.45, 2.75) is 39.4 Å². The molecule has 2 amide bonds. The van der Waals surface area contributed by atoms with E-state index in [0.717, 1.165) is 35.5 Å². The summed E-state index contributed by atoms with van der Waals surface area (Å²) in [6.45, 7) is 7.62. The number of anilines is 1. The molecule has 0 radical (unpaired) electrons. The van der Waals surface area contributed by atoms with Gasteiger partial charge in [-0.05, 0) is 61.2 Å². The molecule has 0 unspecified atom stereocenters. The summed E-state index contributed by atoms with van der Waals surface area (Å²) in [5, 5.41) is 6.00. The second kappa shape index (κ2) is 13.9. The highest BCUT2D eigenvalue weighted by Gasteiger charge is 2.22. The molecule has 0 bridgehead atoms. The van der Waals surface area contributed by atoms with E-state index in [1.165, 1.54) is 5.56 Å². The third kappa shape index (κ3) is 7.70. The minimum atomic E-state index is -0.419. The Morgan fingerprint density at radius 1 is 0.675 bits per heavy atom. The second-order valence-electron chi connectivity index (χ2n) is 9.86. The lowest BCUT2D eigenvalue weighted by Gasteiger charge is -2.23. The number of benzene rings is 4. The molecule has 0 fully saturated rings. The Hall–Kier alpha value is -4.64. The number of carbonyl (C=O) groups is 2. The summed E-state index contributed by atoms with van der Waals surface area (Å²) >= 11 is 0. The van der Waals surface area contributed by atoms with E-state index >= 15 is 0 Å². The number of carbonyl (C=O) groups excluding carboxylic acids is 2. The van der Waals surface area contributed by atoms with Crippen LogP contribution in [0.2, 0.25) is 0 Å². The Bertz CT molecular complexity index is 1340. The van der Waals surface area contributed by atoms with E-state index in [9.17, 15) is 9.59 Å². The molecule has 0 saturated carbocycles. The fourth-order valence-electron chi connectivity index (χ4n) is 4.57. The molecular weight excluding hydrogens is 494 g/mol. The van der Waals surface area contributed by atoms with Gasteiger partial charge >= 0.3 is 0 Å². The monoisotopic (exact) mass is 531 g/mol. The van der Waals surface area contributed by atoms with E-state index in [4.69, 9.17) is 0 Å². The molecule has 0 saturated heterocycles. The van der Waals surface area contributed by atoms with Crippen LogP contribution in [-0.4, -0.2) is 18.4 Å². The zero-order valence-electron chi connectivity index (χ0n) is 23.4. The molecule has 0 aliphatic carbocycles. The smallest absolute Gasteiger partial charge is 0.257 e. The van der Waals surface area contributed by atoms with Gasteiger partial charge < -0.3 is 15.5 Å². The van der Waals surface area contributed by atoms with E-state index in [1.807, 2.05) is 117 Å². The van der Waals surface area contributed by atoms with Gasteiger partial charge in [0.2, 0.25) is 0 Å². The summed E-state index contributed by atoms with van der Waals surface area (Å²) in [5.74, 6) is -0.838. The van der Waals surface area contributed by atoms with Crippen molar-refractivity contribution in [1.29, 1.82) is 0 Å². The average molecular weight is 532 g/mol. The molecule has 0 spiro atoms. The van der Waals surface area contributed by atoms with Crippen molar-refractivity contribution in [2.75, 3.05) is 11.4 Å². The minimum absolute atomic E-state index is 0.0648. The number of rotatable bonds is 11. The van der Waals surface area contributed by atoms with Gasteiger partial charge in [-0.15, -0.1) is 0 Å². The Morgan fingerprint density at radius 3 is 1.57 bits per heavy atom. The highest BCUT2D eigenvalue weighted by atomic mass is 16.2. The van der Waals surface area contributed by atoms with Crippen molar-refractivity contribution >= 4 is 23.6 Å². The quantitative estimate of drug-likeness (QED) is 0.126. The highest BCUT2D eigenvalue weighted by Crippen LogP contribution is 2.21. The van der Waals surface area contributed by atoms with Crippen molar-refractivity contribution in [3.05, 3.63) is 143 Å². The van der Waals surface area contributed by atoms with Gasteiger partial charge in [0.1, 0.15) is 5.57 Å². The van der Waals surface area contributed by atoms with Crippen molar-refractivity contribution in [1.82, 2.24) is 10.6 Å². The zero-order chi connectivity index (χ0) is 28.3. The third-order valence-corrected chi connectivity index (χ3v) is 6.95. The van der Waals surface area contributed by atoms with Gasteiger partial charge in [0.15, 0.2) is 0 Å². The largest absolute Gasteiger partial charge is 0.367 e. The predicted molar refractivity (Wildman–Crippen MR) is 164 cm³/mol. The fraction of sp³-hybridized carbons (Fsp3) is 0.200. The van der Waals surface area contributed by atoms with Crippen LogP contribution in [0, 0.1) is 0 Å². The van der Waals surface area contributed by atoms with Crippen LogP contribution >= 0.6 is 0 Å². The van der Waals surface area contributed by atoms with Crippen molar-refractivity contribution in [3.63, 3.8) is 0 Å². The van der Waals surface area contributed by atoms with E-state index in [2.05, 4.69) is 34.6 Å². The van der Waals surface area contributed by atoms with Gasteiger partial charge in [-0.1, -0.05) is 103 Å². The molecule has 5 nitrogen and oxygen atoms in total. The van der Waals surface area contributed by atoms with Gasteiger partial charge in [0.25, 0.3) is 11.8 Å². The molecule has 4 aromatic carbocycles. The maximum absolute atomic E-state index is 13.5. The SMILES string of the molecule is CCN(Cc1ccccc1)c1ccc(C=C(C(=O)N[C@@H](C)c2ccccc2)C(=O)N[C@H](C)c2ccccc2)cc1. The molecule has 0 aromatic heterocycles. The Balaban J connectivity index is 1.57. The van der Waals surface area contributed by atoms with Gasteiger partial charge in [-0.2, -0.15) is 0 Å². The summed E-state index contributed by atoms with van der Waals surface area (Å²) in [6.07, 6.45) is 1.66. The molecule has 40 heavy (non-hydrogen) atoms. The van der Waals surface area contributed by atoms with E-state index in [0.29, 0.717) is 0 Å². The molecule has 204 valence electrons. The maximum atomic E-state index is 13.5. The molecule has 2 atom stereocenters. The van der Waals surface area contributed by atoms with E-state index < -0.39 is 11.8 Å². The maximum Gasteiger partial charge on any atom is 0.257 e. The lowest BCUT2D eigenvalue weighted by atomic mass is 10.0. The summed E-state index contributed by atoms with van der Waals surface area (Å²) in [7, 11) is 0. The molecule has 4 aromatic rings. The molecule has 0 aliphatic rings. The summed E-state index contributed by atoms with van der Waals surface area (Å²) in [4.78, 5) is 29.2. The van der Waals surface area contributed by atoms with Crippen molar-refractivity contribution in [2.24, 2.45) is 0 Å². The summed E-state index contributed by atoms with van der Waals surface area (Å²) < 4.78 is 0. The zero-order valence-corrected chi connectivity index (χ0v) is 23.4. The van der Waals surface area contributed by atoms with Gasteiger partial charge in [-0.3, -0.25) is 9.59 Å². The number of hydrogen-bond acceptors (Lipinski definition) is 3. The Morgan fingerprint density at radius 2 is 1.12 bits per heavy atom. The van der Waals surface area contributed by atoms with E-state index in [1.54, 1.807) is 6.08 Å². The lowest BCUT2D eigenvalue weighted by molar-refractivity contribution is -0.124. The molecular formula is C35H37N3O2. The second-order valence-corrected chi connectivity index (χ2v) is 9.86. The van der Waals surface area contributed by atoms with Crippen LogP contribution in [0.3, 0.4) is 0 Å². The first-order valence-corrected chi connectivity index (χ1v) is 13.8. The van der Waals surface area contributed by atoms with E-state index in [-0.39, 0.29) is 17.7 Å². The fourth-order valence-corrected chi connectivity index (χ4v) is 4.57. The molecule has 5 heteroatoms. The summed E-state index contributed by atoms with van der Waals surface area (Å²) in [5.41, 5.74) is 5.10. The van der Waals surface area contributed by atoms with Crippen molar-refractivity contribution in [3.8, 4) is 0 Å². The molecule has 0 aliphatic heterocycles. The predicted octanol–water partition coefficient (Wildman–Crippen LogP) is 6.85. The Labute approximate surface area is 237 Å². The van der Waals surface area contributed by atoms with Crippen LogP contribution in [-0.2, 0) is 16.1 Å². The van der Waals surface area contributed by atoms with Crippen LogP contribution in [0.15, 0.2) is 121 Å². The van der Waals surface area contributed by atoms with Crippen LogP contribution in [0.25, 0.3) is 6.08 Å². The molecule has 2 N–H and O–H groups in total. The highest BCUT2D eigenvalue weighted by molar-refractivity contribution is 6.21. The first-order chi connectivity index (χ1) is 19.4. The standard InChI is InChI=1S/C35H37N3O2/c1-4-38(25-29-14-8-5-9-15-29)32-22-20-28(21-23-32)24-33(34(39)36-26(2)30-16-10-6-11-17-30)35(40)37-27(3)31-18-12-7-13-19-31/h5-24,26-27H,4,25H2,1-3H3,(H,36,39)(H,37,40)/t26-,27+. The normalized spacial score (nSPS) is 12.7. The summed E-state index contributed by atoms with van der Waals surface area (Å²) in [6, 6.07) is 37.2. The third-order valence-electron chi connectivity index (χ3n) is 6.95. The number of nitrogens with one attached hydrogen (secondary N) is 2. The van der Waals surface area contributed by atoms with Gasteiger partial charge in [-0.25, -0.2) is 0 Å². The van der Waals surface area contributed by atoms with Gasteiger partial charge in [0, 0.05) is 18.8 Å². The first kappa shape index (κ1) is 28.4. The lowest BCUT2D eigenvalue weighted by Crippen LogP contribution is -2.36.